The third kappa shape index (κ3) is 10.8. The maximum Gasteiger partial charge on any atom is 0.0834 e. The molecule has 5 aliphatic rings. The summed E-state index contributed by atoms with van der Waals surface area (Å²) in [7, 11) is 0. The third-order valence-electron chi connectivity index (χ3n) is 7.39. The molecule has 3 saturated carbocycles. The van der Waals surface area contributed by atoms with Crippen LogP contribution in [0.15, 0.2) is 0 Å². The highest BCUT2D eigenvalue weighted by atomic mass is 16.6. The van der Waals surface area contributed by atoms with Crippen molar-refractivity contribution in [2.24, 2.45) is 11.8 Å². The molecule has 32 heavy (non-hydrogen) atoms. The summed E-state index contributed by atoms with van der Waals surface area (Å²) >= 11 is 0. The van der Waals surface area contributed by atoms with Gasteiger partial charge in [-0.2, -0.15) is 0 Å². The number of rotatable bonds is 6. The van der Waals surface area contributed by atoms with Crippen molar-refractivity contribution in [3.05, 3.63) is 0 Å². The molecule has 0 radical (unpaired) electrons. The first-order valence-corrected chi connectivity index (χ1v) is 13.3. The third-order valence-corrected chi connectivity index (χ3v) is 7.39. The van der Waals surface area contributed by atoms with E-state index >= 15 is 0 Å². The molecule has 5 rings (SSSR count). The van der Waals surface area contributed by atoms with Gasteiger partial charge in [0.15, 0.2) is 0 Å². The van der Waals surface area contributed by atoms with Crippen molar-refractivity contribution in [3.8, 4) is 0 Å². The van der Waals surface area contributed by atoms with Crippen molar-refractivity contribution in [1.82, 2.24) is 0 Å². The Hall–Kier alpha value is -0.240. The van der Waals surface area contributed by atoms with Crippen LogP contribution in [0.5, 0.6) is 0 Å². The van der Waals surface area contributed by atoms with Gasteiger partial charge in [0.1, 0.15) is 0 Å². The van der Waals surface area contributed by atoms with Crippen molar-refractivity contribution in [1.29, 1.82) is 0 Å². The first-order chi connectivity index (χ1) is 15.5. The molecule has 6 nitrogen and oxygen atoms in total. The quantitative estimate of drug-likeness (QED) is 0.582. The fraction of sp³-hybridized carbons (Fsp3) is 1.00. The van der Waals surface area contributed by atoms with E-state index in [0.717, 1.165) is 65.0 Å². The van der Waals surface area contributed by atoms with Crippen LogP contribution in [0, 0.1) is 11.8 Å². The van der Waals surface area contributed by atoms with E-state index in [1.54, 1.807) is 0 Å². The average Bonchev–Trinajstić information content (AvgIpc) is 3.74. The first kappa shape index (κ1) is 26.4. The molecule has 0 amide bonds. The molecule has 188 valence electrons. The van der Waals surface area contributed by atoms with E-state index in [0.29, 0.717) is 24.0 Å². The number of ether oxygens (including phenoxy) is 4. The van der Waals surface area contributed by atoms with E-state index in [4.69, 9.17) is 18.9 Å². The van der Waals surface area contributed by atoms with Crippen molar-refractivity contribution >= 4 is 0 Å². The summed E-state index contributed by atoms with van der Waals surface area (Å²) in [6.07, 6.45) is 14.2. The van der Waals surface area contributed by atoms with Crippen molar-refractivity contribution < 1.29 is 29.2 Å². The number of hydrogen-bond donors (Lipinski definition) is 2. The minimum absolute atomic E-state index is 0.0765. The average molecular weight is 457 g/mol. The van der Waals surface area contributed by atoms with Crippen LogP contribution in [-0.4, -0.2) is 73.3 Å². The molecule has 0 aromatic heterocycles. The second-order valence-electron chi connectivity index (χ2n) is 10.6. The molecule has 0 aromatic rings. The molecule has 0 spiro atoms. The lowest BCUT2D eigenvalue weighted by atomic mass is 9.82. The smallest absolute Gasteiger partial charge is 0.0834 e. The van der Waals surface area contributed by atoms with E-state index in [-0.39, 0.29) is 24.4 Å². The molecule has 2 saturated heterocycles. The van der Waals surface area contributed by atoms with Crippen molar-refractivity contribution in [2.45, 2.75) is 128 Å². The Balaban J connectivity index is 0.000000301. The topological polar surface area (TPSA) is 84.0 Å². The van der Waals surface area contributed by atoms with E-state index < -0.39 is 0 Å². The molecule has 3 aliphatic carbocycles. The zero-order valence-electron chi connectivity index (χ0n) is 20.5. The number of aliphatic hydroxyl groups excluding tert-OH is 2. The maximum absolute atomic E-state index is 9.99. The predicted molar refractivity (Wildman–Crippen MR) is 125 cm³/mol. The van der Waals surface area contributed by atoms with Gasteiger partial charge >= 0.3 is 0 Å². The number of hydrogen-bond acceptors (Lipinski definition) is 6. The van der Waals surface area contributed by atoms with Crippen LogP contribution >= 0.6 is 0 Å². The van der Waals surface area contributed by atoms with Gasteiger partial charge in [-0.1, -0.05) is 25.7 Å². The van der Waals surface area contributed by atoms with Gasteiger partial charge in [-0.15, -0.1) is 0 Å². The van der Waals surface area contributed by atoms with Crippen LogP contribution in [-0.2, 0) is 18.9 Å². The Bertz CT molecular complexity index is 443. The van der Waals surface area contributed by atoms with Crippen LogP contribution in [0.25, 0.3) is 0 Å². The lowest BCUT2D eigenvalue weighted by molar-refractivity contribution is -0.0829. The van der Waals surface area contributed by atoms with Crippen LogP contribution in [0.3, 0.4) is 0 Å². The van der Waals surface area contributed by atoms with E-state index in [1.807, 2.05) is 0 Å². The largest absolute Gasteiger partial charge is 0.390 e. The maximum atomic E-state index is 9.99. The molecular formula is C26H48O6. The molecule has 6 unspecified atom stereocenters. The fourth-order valence-electron chi connectivity index (χ4n) is 4.82. The summed E-state index contributed by atoms with van der Waals surface area (Å²) in [5, 5.41) is 20.0. The molecule has 2 heterocycles. The van der Waals surface area contributed by atoms with Crippen molar-refractivity contribution in [3.63, 3.8) is 0 Å². The second-order valence-corrected chi connectivity index (χ2v) is 10.6. The lowest BCUT2D eigenvalue weighted by Crippen LogP contribution is -2.35. The summed E-state index contributed by atoms with van der Waals surface area (Å²) in [6.45, 7) is 7.72. The zero-order chi connectivity index (χ0) is 22.8. The first-order valence-electron chi connectivity index (χ1n) is 13.3. The lowest BCUT2D eigenvalue weighted by Gasteiger charge is -2.33. The summed E-state index contributed by atoms with van der Waals surface area (Å²) in [6, 6.07) is 0. The highest BCUT2D eigenvalue weighted by molar-refractivity contribution is 4.79. The summed E-state index contributed by atoms with van der Waals surface area (Å²) in [5.74, 6) is 1.30. The van der Waals surface area contributed by atoms with Gasteiger partial charge in [-0.05, 0) is 77.0 Å². The van der Waals surface area contributed by atoms with Gasteiger partial charge < -0.3 is 29.2 Å². The summed E-state index contributed by atoms with van der Waals surface area (Å²) < 4.78 is 21.5. The Kier molecular flexibility index (Phi) is 11.7. The Labute approximate surface area is 195 Å². The van der Waals surface area contributed by atoms with Gasteiger partial charge in [0.2, 0.25) is 0 Å². The van der Waals surface area contributed by atoms with Gasteiger partial charge in [0.25, 0.3) is 0 Å². The molecule has 6 heteroatoms. The fourth-order valence-corrected chi connectivity index (χ4v) is 4.82. The van der Waals surface area contributed by atoms with Crippen LogP contribution in [0.2, 0.25) is 0 Å². The summed E-state index contributed by atoms with van der Waals surface area (Å²) in [5.41, 5.74) is 0. The van der Waals surface area contributed by atoms with E-state index in [2.05, 4.69) is 13.8 Å². The summed E-state index contributed by atoms with van der Waals surface area (Å²) in [4.78, 5) is 0. The van der Waals surface area contributed by atoms with Gasteiger partial charge in [0, 0.05) is 13.2 Å². The minimum Gasteiger partial charge on any atom is -0.390 e. The van der Waals surface area contributed by atoms with E-state index in [9.17, 15) is 10.2 Å². The molecule has 2 N–H and O–H groups in total. The predicted octanol–water partition coefficient (Wildman–Crippen LogP) is 4.24. The number of epoxide rings is 2. The molecule has 5 fully saturated rings. The highest BCUT2D eigenvalue weighted by Gasteiger charge is 2.28. The molecule has 2 aliphatic heterocycles. The number of aliphatic hydroxyl groups is 2. The van der Waals surface area contributed by atoms with Crippen molar-refractivity contribution in [2.75, 3.05) is 26.4 Å². The Morgan fingerprint density at radius 1 is 0.594 bits per heavy atom. The second kappa shape index (κ2) is 14.2. The monoisotopic (exact) mass is 456 g/mol. The molecule has 6 atom stereocenters. The van der Waals surface area contributed by atoms with Crippen LogP contribution in [0.4, 0.5) is 0 Å². The SMILES string of the molecule is CC1CO1.CC1CO1.OC1CCCCC1OCC1CCC(COC2CCCCC2O)CC1. The molecule has 0 bridgehead atoms. The Morgan fingerprint density at radius 3 is 1.19 bits per heavy atom. The van der Waals surface area contributed by atoms with Gasteiger partial charge in [-0.25, -0.2) is 0 Å². The van der Waals surface area contributed by atoms with Gasteiger partial charge in [-0.3, -0.25) is 0 Å². The zero-order valence-corrected chi connectivity index (χ0v) is 20.5. The highest BCUT2D eigenvalue weighted by Crippen LogP contribution is 2.31. The minimum atomic E-state index is -0.245. The standard InChI is InChI=1S/C20H36O4.2C3H6O/c21-17-5-1-3-7-19(17)23-13-15-9-11-16(12-10-15)14-24-20-8-4-2-6-18(20)22;2*1-3-2-4-3/h15-22H,1-14H2;2*3H,2H2,1H3. The van der Waals surface area contributed by atoms with Crippen LogP contribution in [0.1, 0.15) is 90.9 Å². The molecular weight excluding hydrogens is 408 g/mol. The van der Waals surface area contributed by atoms with Gasteiger partial charge in [0.05, 0.1) is 49.8 Å². The molecule has 0 aromatic carbocycles. The van der Waals surface area contributed by atoms with E-state index in [1.165, 1.54) is 38.5 Å². The normalized spacial score (nSPS) is 40.9. The van der Waals surface area contributed by atoms with Crippen LogP contribution < -0.4 is 0 Å². The Morgan fingerprint density at radius 2 is 0.906 bits per heavy atom.